The second-order valence-corrected chi connectivity index (χ2v) is 8.63. The van der Waals surface area contributed by atoms with Crippen molar-refractivity contribution in [2.75, 3.05) is 19.3 Å². The van der Waals surface area contributed by atoms with Crippen LogP contribution in [0.25, 0.3) is 0 Å². The summed E-state index contributed by atoms with van der Waals surface area (Å²) in [5.41, 5.74) is 2.99. The maximum absolute atomic E-state index is 12.5. The Morgan fingerprint density at radius 3 is 2.52 bits per heavy atom. The Labute approximate surface area is 138 Å². The van der Waals surface area contributed by atoms with Crippen molar-refractivity contribution in [3.63, 3.8) is 0 Å². The van der Waals surface area contributed by atoms with E-state index in [1.807, 2.05) is 32.5 Å². The SMILES string of the molecule is CC[C@@H](NC(=O)N1CC[C@H](S(C)(=O)=O)C1)c1c(C)nn(C)c1C. The summed E-state index contributed by atoms with van der Waals surface area (Å²) >= 11 is 0. The third kappa shape index (κ3) is 3.68. The summed E-state index contributed by atoms with van der Waals surface area (Å²) in [6.07, 6.45) is 2.49. The van der Waals surface area contributed by atoms with Gasteiger partial charge >= 0.3 is 6.03 Å². The molecule has 1 saturated heterocycles. The molecule has 23 heavy (non-hydrogen) atoms. The molecule has 130 valence electrons. The highest BCUT2D eigenvalue weighted by Crippen LogP contribution is 2.24. The van der Waals surface area contributed by atoms with E-state index in [1.165, 1.54) is 6.26 Å². The molecule has 0 radical (unpaired) electrons. The molecule has 2 heterocycles. The van der Waals surface area contributed by atoms with Gasteiger partial charge in [-0.1, -0.05) is 6.92 Å². The summed E-state index contributed by atoms with van der Waals surface area (Å²) in [5.74, 6) is 0. The average Bonchev–Trinajstić information content (AvgIpc) is 3.03. The van der Waals surface area contributed by atoms with E-state index < -0.39 is 15.1 Å². The fourth-order valence-corrected chi connectivity index (χ4v) is 4.16. The standard InChI is InChI=1S/C15H26N4O3S/c1-6-13(14-10(2)17-18(4)11(14)3)16-15(20)19-8-7-12(9-19)23(5,21)22/h12-13H,6-9H2,1-5H3,(H,16,20)/t12-,13+/m0/s1. The normalized spacial score (nSPS) is 19.9. The second kappa shape index (κ2) is 6.51. The van der Waals surface area contributed by atoms with E-state index in [9.17, 15) is 13.2 Å². The number of sulfone groups is 1. The molecule has 8 heteroatoms. The number of nitrogens with zero attached hydrogens (tertiary/aromatic N) is 3. The van der Waals surface area contributed by atoms with Gasteiger partial charge in [0.05, 0.1) is 17.0 Å². The Morgan fingerprint density at radius 1 is 1.43 bits per heavy atom. The van der Waals surface area contributed by atoms with E-state index in [2.05, 4.69) is 10.4 Å². The van der Waals surface area contributed by atoms with E-state index in [0.29, 0.717) is 13.0 Å². The Morgan fingerprint density at radius 2 is 2.09 bits per heavy atom. The smallest absolute Gasteiger partial charge is 0.317 e. The van der Waals surface area contributed by atoms with Crippen LogP contribution in [0, 0.1) is 13.8 Å². The van der Waals surface area contributed by atoms with Gasteiger partial charge in [-0.05, 0) is 26.7 Å². The number of amides is 2. The minimum atomic E-state index is -3.10. The number of carbonyl (C=O) groups is 1. The summed E-state index contributed by atoms with van der Waals surface area (Å²) in [6.45, 7) is 6.68. The van der Waals surface area contributed by atoms with E-state index >= 15 is 0 Å². The van der Waals surface area contributed by atoms with Gasteiger partial charge in [0.2, 0.25) is 0 Å². The van der Waals surface area contributed by atoms with Crippen LogP contribution in [-0.4, -0.2) is 53.7 Å². The predicted molar refractivity (Wildman–Crippen MR) is 89.1 cm³/mol. The molecule has 1 aromatic heterocycles. The van der Waals surface area contributed by atoms with Crippen LogP contribution in [0.5, 0.6) is 0 Å². The van der Waals surface area contributed by atoms with Crippen LogP contribution in [-0.2, 0) is 16.9 Å². The Hall–Kier alpha value is -1.57. The zero-order valence-corrected chi connectivity index (χ0v) is 15.3. The van der Waals surface area contributed by atoms with E-state index in [0.717, 1.165) is 23.4 Å². The second-order valence-electron chi connectivity index (χ2n) is 6.30. The summed E-state index contributed by atoms with van der Waals surface area (Å²) in [5, 5.41) is 6.98. The number of nitrogens with one attached hydrogen (secondary N) is 1. The van der Waals surface area contributed by atoms with E-state index in [-0.39, 0.29) is 18.6 Å². The molecule has 0 aromatic carbocycles. The van der Waals surface area contributed by atoms with Gasteiger partial charge in [-0.25, -0.2) is 13.2 Å². The van der Waals surface area contributed by atoms with Crippen molar-refractivity contribution in [3.8, 4) is 0 Å². The number of rotatable bonds is 4. The first kappa shape index (κ1) is 17.8. The van der Waals surface area contributed by atoms with Crippen molar-refractivity contribution in [1.82, 2.24) is 20.0 Å². The maximum atomic E-state index is 12.5. The molecule has 0 unspecified atom stereocenters. The maximum Gasteiger partial charge on any atom is 0.317 e. The fourth-order valence-electron chi connectivity index (χ4n) is 3.18. The monoisotopic (exact) mass is 342 g/mol. The van der Waals surface area contributed by atoms with Gasteiger partial charge in [-0.2, -0.15) is 5.10 Å². The van der Waals surface area contributed by atoms with Crippen molar-refractivity contribution in [2.24, 2.45) is 7.05 Å². The minimum absolute atomic E-state index is 0.117. The van der Waals surface area contributed by atoms with Crippen molar-refractivity contribution in [3.05, 3.63) is 17.0 Å². The number of hydrogen-bond donors (Lipinski definition) is 1. The molecule has 0 bridgehead atoms. The number of urea groups is 1. The molecular weight excluding hydrogens is 316 g/mol. The van der Waals surface area contributed by atoms with Crippen LogP contribution < -0.4 is 5.32 Å². The third-order valence-corrected chi connectivity index (χ3v) is 6.25. The molecule has 0 aliphatic carbocycles. The first-order valence-electron chi connectivity index (χ1n) is 7.89. The van der Waals surface area contributed by atoms with Gasteiger partial charge in [-0.3, -0.25) is 4.68 Å². The first-order valence-corrected chi connectivity index (χ1v) is 9.85. The molecule has 1 aromatic rings. The molecule has 0 saturated carbocycles. The van der Waals surface area contributed by atoms with Gasteiger partial charge < -0.3 is 10.2 Å². The Balaban J connectivity index is 2.09. The van der Waals surface area contributed by atoms with Crippen molar-refractivity contribution in [1.29, 1.82) is 0 Å². The van der Waals surface area contributed by atoms with Crippen molar-refractivity contribution < 1.29 is 13.2 Å². The molecule has 2 atom stereocenters. The van der Waals surface area contributed by atoms with Gasteiger partial charge in [0.15, 0.2) is 9.84 Å². The van der Waals surface area contributed by atoms with Crippen LogP contribution in [0.2, 0.25) is 0 Å². The predicted octanol–water partition coefficient (Wildman–Crippen LogP) is 1.32. The quantitative estimate of drug-likeness (QED) is 0.894. The number of aryl methyl sites for hydroxylation is 2. The van der Waals surface area contributed by atoms with Crippen LogP contribution in [0.1, 0.15) is 42.8 Å². The number of hydrogen-bond acceptors (Lipinski definition) is 4. The van der Waals surface area contributed by atoms with Gasteiger partial charge in [0, 0.05) is 37.7 Å². The molecule has 1 aliphatic heterocycles. The van der Waals surface area contributed by atoms with Crippen LogP contribution in [0.15, 0.2) is 0 Å². The summed E-state index contributed by atoms with van der Waals surface area (Å²) in [6, 6.07) is -0.320. The lowest BCUT2D eigenvalue weighted by atomic mass is 10.0. The van der Waals surface area contributed by atoms with Crippen LogP contribution >= 0.6 is 0 Å². The Kier molecular flexibility index (Phi) is 5.03. The van der Waals surface area contributed by atoms with Crippen LogP contribution in [0.4, 0.5) is 4.79 Å². The van der Waals surface area contributed by atoms with Gasteiger partial charge in [-0.15, -0.1) is 0 Å². The topological polar surface area (TPSA) is 84.3 Å². The van der Waals surface area contributed by atoms with Gasteiger partial charge in [0.25, 0.3) is 0 Å². The lowest BCUT2D eigenvalue weighted by molar-refractivity contribution is 0.204. The Bertz CT molecular complexity index is 696. The third-order valence-electron chi connectivity index (χ3n) is 4.66. The molecule has 0 spiro atoms. The largest absolute Gasteiger partial charge is 0.331 e. The van der Waals surface area contributed by atoms with Crippen molar-refractivity contribution >= 4 is 15.9 Å². The first-order chi connectivity index (χ1) is 10.6. The number of likely N-dealkylation sites (tertiary alicyclic amines) is 1. The fraction of sp³-hybridized carbons (Fsp3) is 0.733. The summed E-state index contributed by atoms with van der Waals surface area (Å²) < 4.78 is 25.1. The molecule has 7 nitrogen and oxygen atoms in total. The molecule has 2 amide bonds. The average molecular weight is 342 g/mol. The lowest BCUT2D eigenvalue weighted by Crippen LogP contribution is -2.41. The molecule has 1 aliphatic rings. The summed E-state index contributed by atoms with van der Waals surface area (Å²) in [7, 11) is -1.21. The van der Waals surface area contributed by atoms with Gasteiger partial charge in [0.1, 0.15) is 0 Å². The molecule has 2 rings (SSSR count). The molecular formula is C15H26N4O3S. The van der Waals surface area contributed by atoms with E-state index in [4.69, 9.17) is 0 Å². The summed E-state index contributed by atoms with van der Waals surface area (Å²) in [4.78, 5) is 14.1. The molecule has 1 N–H and O–H groups in total. The highest BCUT2D eigenvalue weighted by molar-refractivity contribution is 7.91. The molecule has 1 fully saturated rings. The van der Waals surface area contributed by atoms with Crippen LogP contribution in [0.3, 0.4) is 0 Å². The van der Waals surface area contributed by atoms with E-state index in [1.54, 1.807) is 4.90 Å². The van der Waals surface area contributed by atoms with Crippen molar-refractivity contribution in [2.45, 2.75) is 44.9 Å². The number of carbonyl (C=O) groups excluding carboxylic acids is 1. The zero-order chi connectivity index (χ0) is 17.4. The minimum Gasteiger partial charge on any atom is -0.331 e. The highest BCUT2D eigenvalue weighted by atomic mass is 32.2. The highest BCUT2D eigenvalue weighted by Gasteiger charge is 2.33. The lowest BCUT2D eigenvalue weighted by Gasteiger charge is -2.23. The number of aromatic nitrogens is 2. The zero-order valence-electron chi connectivity index (χ0n) is 14.5.